The molecule has 0 saturated carbocycles. The van der Waals surface area contributed by atoms with Gasteiger partial charge in [-0.05, 0) is 48.4 Å². The van der Waals surface area contributed by atoms with Gasteiger partial charge in [0, 0.05) is 69.3 Å². The van der Waals surface area contributed by atoms with Crippen LogP contribution in [0.25, 0.3) is 0 Å². The van der Waals surface area contributed by atoms with Gasteiger partial charge in [-0.15, -0.1) is 0 Å². The first kappa shape index (κ1) is 27.0. The number of nitrogens with zero attached hydrogens (tertiary/aromatic N) is 7. The highest BCUT2D eigenvalue weighted by atomic mass is 16.2. The van der Waals surface area contributed by atoms with E-state index in [1.807, 2.05) is 55.3 Å². The number of anilines is 3. The average molecular weight is 561 g/mol. The van der Waals surface area contributed by atoms with E-state index in [1.165, 1.54) is 11.1 Å². The summed E-state index contributed by atoms with van der Waals surface area (Å²) in [5.41, 5.74) is 5.89. The number of rotatable bonds is 6. The van der Waals surface area contributed by atoms with Crippen LogP contribution in [-0.4, -0.2) is 65.8 Å². The molecule has 4 aromatic rings. The number of benzene rings is 2. The first-order chi connectivity index (χ1) is 20.4. The zero-order valence-electron chi connectivity index (χ0n) is 23.7. The second kappa shape index (κ2) is 11.4. The van der Waals surface area contributed by atoms with E-state index in [2.05, 4.69) is 54.1 Å². The number of fused-ring (bicyclic) bond motifs is 1. The minimum Gasteiger partial charge on any atom is -0.372 e. The van der Waals surface area contributed by atoms with E-state index < -0.39 is 0 Å². The molecule has 1 N–H and O–H groups in total. The first-order valence-electron chi connectivity index (χ1n) is 14.0. The SMILES string of the molecule is Cc1c(N2Cc3ccccc3C2CN(C)c2cccc(C(=O)N3CCN(c4ccc(C#N)cn4)CC3)c2)cn[nH]c1=O. The van der Waals surface area contributed by atoms with Gasteiger partial charge < -0.3 is 19.6 Å². The number of nitriles is 1. The molecule has 10 heteroatoms. The topological polar surface area (TPSA) is 112 Å². The number of piperazine rings is 1. The largest absolute Gasteiger partial charge is 0.372 e. The summed E-state index contributed by atoms with van der Waals surface area (Å²) in [7, 11) is 2.04. The number of H-pyrrole nitrogens is 1. The molecule has 0 bridgehead atoms. The highest BCUT2D eigenvalue weighted by molar-refractivity contribution is 5.95. The molecule has 2 aliphatic heterocycles. The van der Waals surface area contributed by atoms with Gasteiger partial charge in [0.1, 0.15) is 11.9 Å². The first-order valence-corrected chi connectivity index (χ1v) is 14.0. The Morgan fingerprint density at radius 1 is 1.07 bits per heavy atom. The lowest BCUT2D eigenvalue weighted by Gasteiger charge is -2.35. The van der Waals surface area contributed by atoms with Gasteiger partial charge in [-0.3, -0.25) is 9.59 Å². The second-order valence-corrected chi connectivity index (χ2v) is 10.8. The molecule has 0 radical (unpaired) electrons. The van der Waals surface area contributed by atoms with E-state index in [0.29, 0.717) is 56.0 Å². The van der Waals surface area contributed by atoms with Crippen LogP contribution >= 0.6 is 0 Å². The van der Waals surface area contributed by atoms with Crippen molar-refractivity contribution >= 4 is 23.1 Å². The number of carbonyl (C=O) groups is 1. The summed E-state index contributed by atoms with van der Waals surface area (Å²) >= 11 is 0. The van der Waals surface area contributed by atoms with Gasteiger partial charge in [0.25, 0.3) is 11.5 Å². The van der Waals surface area contributed by atoms with Crippen LogP contribution in [0.1, 0.15) is 38.7 Å². The second-order valence-electron chi connectivity index (χ2n) is 10.8. The molecule has 2 aromatic carbocycles. The van der Waals surface area contributed by atoms with Crippen LogP contribution in [0.4, 0.5) is 17.2 Å². The zero-order valence-corrected chi connectivity index (χ0v) is 23.7. The predicted octanol–water partition coefficient (Wildman–Crippen LogP) is 3.51. The Balaban J connectivity index is 1.17. The van der Waals surface area contributed by atoms with Crippen molar-refractivity contribution in [3.8, 4) is 6.07 Å². The summed E-state index contributed by atoms with van der Waals surface area (Å²) in [4.78, 5) is 38.7. The van der Waals surface area contributed by atoms with Crippen LogP contribution < -0.4 is 20.3 Å². The number of carbonyl (C=O) groups excluding carboxylic acids is 1. The molecule has 4 heterocycles. The van der Waals surface area contributed by atoms with Crippen LogP contribution in [0.15, 0.2) is 77.9 Å². The summed E-state index contributed by atoms with van der Waals surface area (Å²) in [5.74, 6) is 0.828. The Kier molecular flexibility index (Phi) is 7.32. The van der Waals surface area contributed by atoms with Crippen LogP contribution in [0.3, 0.4) is 0 Å². The maximum absolute atomic E-state index is 13.5. The van der Waals surface area contributed by atoms with E-state index in [0.717, 1.165) is 17.2 Å². The number of pyridine rings is 1. The third kappa shape index (κ3) is 5.17. The number of hydrogen-bond acceptors (Lipinski definition) is 8. The summed E-state index contributed by atoms with van der Waals surface area (Å²) in [6.45, 7) is 5.74. The fourth-order valence-corrected chi connectivity index (χ4v) is 5.86. The number of hydrogen-bond donors (Lipinski definition) is 1. The number of aromatic nitrogens is 3. The van der Waals surface area contributed by atoms with Crippen molar-refractivity contribution in [2.45, 2.75) is 19.5 Å². The van der Waals surface area contributed by atoms with E-state index in [4.69, 9.17) is 5.26 Å². The predicted molar refractivity (Wildman–Crippen MR) is 162 cm³/mol. The van der Waals surface area contributed by atoms with Crippen molar-refractivity contribution in [3.63, 3.8) is 0 Å². The minimum atomic E-state index is -0.184. The molecule has 2 aromatic heterocycles. The normalized spacial score (nSPS) is 16.2. The number of amides is 1. The molecule has 1 atom stereocenters. The molecule has 10 nitrogen and oxygen atoms in total. The van der Waals surface area contributed by atoms with Crippen LogP contribution in [0.2, 0.25) is 0 Å². The van der Waals surface area contributed by atoms with E-state index in [9.17, 15) is 9.59 Å². The number of likely N-dealkylation sites (N-methyl/N-ethyl adjacent to an activating group) is 1. The standard InChI is InChI=1S/C32H32N8O2/c1-22-28(19-35-36-31(22)41)40-20-25-6-3-4-9-27(25)29(40)21-37(2)26-8-5-7-24(16-26)32(42)39-14-12-38(13-15-39)30-11-10-23(17-33)18-34-30/h3-11,16,18-19,29H,12-15,20-21H2,1-2H3,(H,36,41). The quantitative estimate of drug-likeness (QED) is 0.381. The smallest absolute Gasteiger partial charge is 0.269 e. The van der Waals surface area contributed by atoms with Crippen molar-refractivity contribution in [3.05, 3.63) is 111 Å². The Labute approximate surface area is 244 Å². The van der Waals surface area contributed by atoms with E-state index in [1.54, 1.807) is 18.5 Å². The molecule has 6 rings (SSSR count). The summed E-state index contributed by atoms with van der Waals surface area (Å²) in [6.07, 6.45) is 3.31. The molecule has 1 unspecified atom stereocenters. The summed E-state index contributed by atoms with van der Waals surface area (Å²) < 4.78 is 0. The van der Waals surface area contributed by atoms with Gasteiger partial charge in [0.05, 0.1) is 23.5 Å². The fourth-order valence-electron chi connectivity index (χ4n) is 5.86. The van der Waals surface area contributed by atoms with Crippen molar-refractivity contribution < 1.29 is 4.79 Å². The van der Waals surface area contributed by atoms with Crippen LogP contribution in [0.5, 0.6) is 0 Å². The highest BCUT2D eigenvalue weighted by Crippen LogP contribution is 2.38. The molecule has 1 fully saturated rings. The fraction of sp³-hybridized carbons (Fsp3) is 0.281. The van der Waals surface area contributed by atoms with E-state index in [-0.39, 0.29) is 17.5 Å². The van der Waals surface area contributed by atoms with Gasteiger partial charge in [-0.25, -0.2) is 10.1 Å². The number of aromatic amines is 1. The monoisotopic (exact) mass is 560 g/mol. The van der Waals surface area contributed by atoms with Crippen LogP contribution in [0, 0.1) is 18.3 Å². The molecule has 1 saturated heterocycles. The molecule has 42 heavy (non-hydrogen) atoms. The third-order valence-corrected chi connectivity index (χ3v) is 8.27. The molecule has 1 amide bonds. The van der Waals surface area contributed by atoms with Crippen molar-refractivity contribution in [1.29, 1.82) is 5.26 Å². The lowest BCUT2D eigenvalue weighted by molar-refractivity contribution is 0.0746. The Bertz CT molecular complexity index is 1700. The molecule has 0 spiro atoms. The Hall–Kier alpha value is -5.17. The molecular formula is C32H32N8O2. The average Bonchev–Trinajstić information content (AvgIpc) is 3.40. The molecule has 0 aliphatic carbocycles. The van der Waals surface area contributed by atoms with Crippen molar-refractivity contribution in [1.82, 2.24) is 20.1 Å². The third-order valence-electron chi connectivity index (χ3n) is 8.27. The Morgan fingerprint density at radius 3 is 2.64 bits per heavy atom. The van der Waals surface area contributed by atoms with Gasteiger partial charge in [0.2, 0.25) is 0 Å². The van der Waals surface area contributed by atoms with Crippen molar-refractivity contribution in [2.24, 2.45) is 0 Å². The highest BCUT2D eigenvalue weighted by Gasteiger charge is 2.33. The zero-order chi connectivity index (χ0) is 29.2. The van der Waals surface area contributed by atoms with Crippen LogP contribution in [-0.2, 0) is 6.54 Å². The van der Waals surface area contributed by atoms with Crippen molar-refractivity contribution in [2.75, 3.05) is 54.5 Å². The van der Waals surface area contributed by atoms with E-state index >= 15 is 0 Å². The summed E-state index contributed by atoms with van der Waals surface area (Å²) in [5, 5.41) is 15.6. The maximum atomic E-state index is 13.5. The van der Waals surface area contributed by atoms with Gasteiger partial charge in [-0.1, -0.05) is 30.3 Å². The number of nitrogens with one attached hydrogen (secondary N) is 1. The molecular weight excluding hydrogens is 528 g/mol. The molecule has 2 aliphatic rings. The van der Waals surface area contributed by atoms with Gasteiger partial charge >= 0.3 is 0 Å². The summed E-state index contributed by atoms with van der Waals surface area (Å²) in [6, 6.07) is 21.9. The molecule has 212 valence electrons. The van der Waals surface area contributed by atoms with Gasteiger partial charge in [-0.2, -0.15) is 10.4 Å². The lowest BCUT2D eigenvalue weighted by atomic mass is 10.0. The van der Waals surface area contributed by atoms with Gasteiger partial charge in [0.15, 0.2) is 0 Å². The Morgan fingerprint density at radius 2 is 1.88 bits per heavy atom. The lowest BCUT2D eigenvalue weighted by Crippen LogP contribution is -2.49. The minimum absolute atomic E-state index is 0.00994. The maximum Gasteiger partial charge on any atom is 0.269 e.